The molecule has 0 fully saturated rings. The van der Waals surface area contributed by atoms with E-state index >= 15 is 0 Å². The predicted molar refractivity (Wildman–Crippen MR) is 78.9 cm³/mol. The fourth-order valence-electron chi connectivity index (χ4n) is 1.25. The molecule has 0 bridgehead atoms. The van der Waals surface area contributed by atoms with Crippen LogP contribution in [0.3, 0.4) is 0 Å². The van der Waals surface area contributed by atoms with Crippen LogP contribution in [0.15, 0.2) is 28.7 Å². The summed E-state index contributed by atoms with van der Waals surface area (Å²) in [6.07, 6.45) is 0. The van der Waals surface area contributed by atoms with Gasteiger partial charge in [-0.05, 0) is 17.7 Å². The number of rotatable bonds is 7. The molecule has 1 aromatic carbocycles. The van der Waals surface area contributed by atoms with Crippen LogP contribution in [0, 0.1) is 0 Å². The van der Waals surface area contributed by atoms with E-state index in [0.717, 1.165) is 15.8 Å². The van der Waals surface area contributed by atoms with Crippen LogP contribution in [0.1, 0.15) is 5.56 Å². The van der Waals surface area contributed by atoms with Crippen molar-refractivity contribution in [1.29, 1.82) is 0 Å². The summed E-state index contributed by atoms with van der Waals surface area (Å²) in [5.41, 5.74) is 6.80. The highest BCUT2D eigenvalue weighted by molar-refractivity contribution is 9.10. The van der Waals surface area contributed by atoms with Crippen LogP contribution in [0.4, 0.5) is 0 Å². The SMILES string of the molecule is N[C@@H](CSCc1ccc(Br)cc1)C(=O)NCC(=O)O. The van der Waals surface area contributed by atoms with Crippen LogP contribution in [-0.2, 0) is 15.3 Å². The highest BCUT2D eigenvalue weighted by Crippen LogP contribution is 2.16. The fraction of sp³-hybridized carbons (Fsp3) is 0.333. The molecule has 0 saturated heterocycles. The summed E-state index contributed by atoms with van der Waals surface area (Å²) < 4.78 is 1.02. The average Bonchev–Trinajstić information content (AvgIpc) is 2.38. The smallest absolute Gasteiger partial charge is 0.322 e. The number of carboxylic acid groups (broad SMARTS) is 1. The molecule has 0 unspecified atom stereocenters. The lowest BCUT2D eigenvalue weighted by molar-refractivity contribution is -0.138. The first-order valence-electron chi connectivity index (χ1n) is 5.56. The maximum Gasteiger partial charge on any atom is 0.322 e. The van der Waals surface area contributed by atoms with E-state index in [1.54, 1.807) is 0 Å². The van der Waals surface area contributed by atoms with Gasteiger partial charge in [0.2, 0.25) is 5.91 Å². The number of amides is 1. The minimum atomic E-state index is -1.08. The molecule has 0 saturated carbocycles. The molecular weight excluding hydrogens is 332 g/mol. The summed E-state index contributed by atoms with van der Waals surface area (Å²) in [6.45, 7) is -0.399. The van der Waals surface area contributed by atoms with E-state index in [4.69, 9.17) is 10.8 Å². The van der Waals surface area contributed by atoms with Gasteiger partial charge in [0.25, 0.3) is 0 Å². The maximum absolute atomic E-state index is 11.4. The van der Waals surface area contributed by atoms with E-state index in [2.05, 4.69) is 21.2 Å². The maximum atomic E-state index is 11.4. The summed E-state index contributed by atoms with van der Waals surface area (Å²) in [6, 6.07) is 7.20. The number of hydrogen-bond donors (Lipinski definition) is 3. The summed E-state index contributed by atoms with van der Waals surface area (Å²) >= 11 is 4.89. The molecule has 0 aliphatic heterocycles. The molecule has 0 spiro atoms. The Labute approximate surface area is 124 Å². The van der Waals surface area contributed by atoms with Crippen LogP contribution < -0.4 is 11.1 Å². The molecule has 104 valence electrons. The Balaban J connectivity index is 2.26. The second-order valence-electron chi connectivity index (χ2n) is 3.86. The molecule has 0 aliphatic rings. The van der Waals surface area contributed by atoms with Gasteiger partial charge < -0.3 is 16.2 Å². The second-order valence-corrected chi connectivity index (χ2v) is 5.81. The molecule has 0 aromatic heterocycles. The molecular formula is C12H15BrN2O3S. The molecule has 19 heavy (non-hydrogen) atoms. The number of nitrogens with one attached hydrogen (secondary N) is 1. The third kappa shape index (κ3) is 6.60. The van der Waals surface area contributed by atoms with Gasteiger partial charge in [-0.15, -0.1) is 0 Å². The number of halogens is 1. The summed E-state index contributed by atoms with van der Waals surface area (Å²) in [5, 5.41) is 10.7. The lowest BCUT2D eigenvalue weighted by Crippen LogP contribution is -2.44. The average molecular weight is 347 g/mol. The van der Waals surface area contributed by atoms with Crippen LogP contribution in [-0.4, -0.2) is 35.3 Å². The van der Waals surface area contributed by atoms with Crippen molar-refractivity contribution in [3.63, 3.8) is 0 Å². The summed E-state index contributed by atoms with van der Waals surface area (Å²) in [5.74, 6) is -0.317. The lowest BCUT2D eigenvalue weighted by Gasteiger charge is -2.10. The Bertz CT molecular complexity index is 439. The third-order valence-corrected chi connectivity index (χ3v) is 3.89. The van der Waals surface area contributed by atoms with E-state index in [1.807, 2.05) is 24.3 Å². The van der Waals surface area contributed by atoms with Crippen molar-refractivity contribution in [2.75, 3.05) is 12.3 Å². The Kier molecular flexibility index (Phi) is 6.90. The summed E-state index contributed by atoms with van der Waals surface area (Å²) in [7, 11) is 0. The van der Waals surface area contributed by atoms with Crippen molar-refractivity contribution in [3.05, 3.63) is 34.3 Å². The van der Waals surface area contributed by atoms with E-state index in [0.29, 0.717) is 5.75 Å². The third-order valence-electron chi connectivity index (χ3n) is 2.23. The van der Waals surface area contributed by atoms with Crippen molar-refractivity contribution < 1.29 is 14.7 Å². The van der Waals surface area contributed by atoms with Crippen molar-refractivity contribution in [3.8, 4) is 0 Å². The number of thioether (sulfide) groups is 1. The highest BCUT2D eigenvalue weighted by Gasteiger charge is 2.13. The zero-order valence-electron chi connectivity index (χ0n) is 10.1. The molecule has 0 aliphatic carbocycles. The number of hydrogen-bond acceptors (Lipinski definition) is 4. The number of carbonyl (C=O) groups is 2. The van der Waals surface area contributed by atoms with Gasteiger partial charge in [-0.2, -0.15) is 11.8 Å². The second kappa shape index (κ2) is 8.19. The van der Waals surface area contributed by atoms with Gasteiger partial charge in [-0.3, -0.25) is 9.59 Å². The molecule has 1 aromatic rings. The van der Waals surface area contributed by atoms with Gasteiger partial charge in [0.05, 0.1) is 6.04 Å². The number of carboxylic acids is 1. The van der Waals surface area contributed by atoms with E-state index in [1.165, 1.54) is 11.8 Å². The van der Waals surface area contributed by atoms with Crippen LogP contribution in [0.2, 0.25) is 0 Å². The van der Waals surface area contributed by atoms with Gasteiger partial charge in [-0.1, -0.05) is 28.1 Å². The number of nitrogens with two attached hydrogens (primary N) is 1. The number of carbonyl (C=O) groups excluding carboxylic acids is 1. The number of aliphatic carboxylic acids is 1. The van der Waals surface area contributed by atoms with Gasteiger partial charge >= 0.3 is 5.97 Å². The molecule has 4 N–H and O–H groups in total. The Morgan fingerprint density at radius 3 is 2.58 bits per heavy atom. The molecule has 1 rings (SSSR count). The standard InChI is InChI=1S/C12H15BrN2O3S/c13-9-3-1-8(2-4-9)6-19-7-10(14)12(18)15-5-11(16)17/h1-4,10H,5-7,14H2,(H,15,18)(H,16,17)/t10-/m0/s1. The first-order valence-corrected chi connectivity index (χ1v) is 7.51. The van der Waals surface area contributed by atoms with Crippen LogP contribution >= 0.6 is 27.7 Å². The molecule has 7 heteroatoms. The zero-order chi connectivity index (χ0) is 14.3. The molecule has 0 radical (unpaired) electrons. The monoisotopic (exact) mass is 346 g/mol. The quantitative estimate of drug-likeness (QED) is 0.690. The fourth-order valence-corrected chi connectivity index (χ4v) is 2.47. The van der Waals surface area contributed by atoms with Gasteiger partial charge in [-0.25, -0.2) is 0 Å². The Morgan fingerprint density at radius 1 is 1.37 bits per heavy atom. The molecule has 1 amide bonds. The van der Waals surface area contributed by atoms with Gasteiger partial charge in [0, 0.05) is 16.0 Å². The summed E-state index contributed by atoms with van der Waals surface area (Å²) in [4.78, 5) is 21.7. The Morgan fingerprint density at radius 2 is 2.00 bits per heavy atom. The van der Waals surface area contributed by atoms with E-state index in [-0.39, 0.29) is 0 Å². The highest BCUT2D eigenvalue weighted by atomic mass is 79.9. The minimum Gasteiger partial charge on any atom is -0.480 e. The normalized spacial score (nSPS) is 11.9. The number of benzene rings is 1. The zero-order valence-corrected chi connectivity index (χ0v) is 12.5. The van der Waals surface area contributed by atoms with E-state index < -0.39 is 24.5 Å². The first-order chi connectivity index (χ1) is 8.99. The molecule has 5 nitrogen and oxygen atoms in total. The van der Waals surface area contributed by atoms with Crippen molar-refractivity contribution in [2.24, 2.45) is 5.73 Å². The lowest BCUT2D eigenvalue weighted by atomic mass is 10.2. The van der Waals surface area contributed by atoms with Crippen LogP contribution in [0.25, 0.3) is 0 Å². The molecule has 1 atom stereocenters. The topological polar surface area (TPSA) is 92.4 Å². The van der Waals surface area contributed by atoms with Crippen molar-refractivity contribution in [1.82, 2.24) is 5.32 Å². The molecule has 0 heterocycles. The minimum absolute atomic E-state index is 0.399. The first kappa shape index (κ1) is 16.0. The van der Waals surface area contributed by atoms with E-state index in [9.17, 15) is 9.59 Å². The van der Waals surface area contributed by atoms with Crippen molar-refractivity contribution in [2.45, 2.75) is 11.8 Å². The van der Waals surface area contributed by atoms with Crippen LogP contribution in [0.5, 0.6) is 0 Å². The van der Waals surface area contributed by atoms with Crippen molar-refractivity contribution >= 4 is 39.6 Å². The van der Waals surface area contributed by atoms with Gasteiger partial charge in [0.1, 0.15) is 6.54 Å². The van der Waals surface area contributed by atoms with Gasteiger partial charge in [0.15, 0.2) is 0 Å². The Hall–Kier alpha value is -1.05. The largest absolute Gasteiger partial charge is 0.480 e. The predicted octanol–water partition coefficient (Wildman–Crippen LogP) is 1.21.